The van der Waals surface area contributed by atoms with Crippen molar-refractivity contribution < 1.29 is 9.18 Å². The molecule has 0 unspecified atom stereocenters. The van der Waals surface area contributed by atoms with Crippen LogP contribution in [0.15, 0.2) is 36.9 Å². The number of hydrogen-bond acceptors (Lipinski definition) is 3. The molecule has 0 spiro atoms. The zero-order valence-corrected chi connectivity index (χ0v) is 9.49. The number of halogens is 2. The lowest BCUT2D eigenvalue weighted by molar-refractivity contribution is 0.0991. The van der Waals surface area contributed by atoms with E-state index in [1.807, 2.05) is 0 Å². The Morgan fingerprint density at radius 2 is 2.00 bits per heavy atom. The molecule has 0 aliphatic rings. The summed E-state index contributed by atoms with van der Waals surface area (Å²) in [5.74, 6) is -0.800. The van der Waals surface area contributed by atoms with E-state index in [4.69, 9.17) is 11.6 Å². The highest BCUT2D eigenvalue weighted by Gasteiger charge is 2.12. The van der Waals surface area contributed by atoms with Crippen molar-refractivity contribution in [3.05, 3.63) is 58.9 Å². The van der Waals surface area contributed by atoms with Gasteiger partial charge in [0.05, 0.1) is 10.6 Å². The van der Waals surface area contributed by atoms with Crippen LogP contribution < -0.4 is 0 Å². The van der Waals surface area contributed by atoms with Crippen molar-refractivity contribution in [3.8, 4) is 0 Å². The van der Waals surface area contributed by atoms with Crippen LogP contribution in [0.1, 0.15) is 15.9 Å². The predicted molar refractivity (Wildman–Crippen MR) is 61.5 cm³/mol. The molecule has 86 valence electrons. The number of carbonyl (C=O) groups is 1. The molecule has 0 saturated heterocycles. The van der Waals surface area contributed by atoms with Crippen molar-refractivity contribution in [2.75, 3.05) is 0 Å². The first kappa shape index (κ1) is 11.7. The zero-order valence-electron chi connectivity index (χ0n) is 8.73. The summed E-state index contributed by atoms with van der Waals surface area (Å²) in [6.45, 7) is 0. The maximum atomic E-state index is 13.6. The van der Waals surface area contributed by atoms with Crippen LogP contribution in [0.3, 0.4) is 0 Å². The van der Waals surface area contributed by atoms with Crippen LogP contribution in [0.2, 0.25) is 5.02 Å². The van der Waals surface area contributed by atoms with E-state index in [1.165, 1.54) is 30.9 Å². The number of hydrogen-bond donors (Lipinski definition) is 0. The van der Waals surface area contributed by atoms with Crippen LogP contribution in [-0.2, 0) is 6.42 Å². The first-order chi connectivity index (χ1) is 8.18. The van der Waals surface area contributed by atoms with Crippen molar-refractivity contribution in [2.24, 2.45) is 0 Å². The molecule has 0 aliphatic heterocycles. The maximum Gasteiger partial charge on any atom is 0.170 e. The van der Waals surface area contributed by atoms with Gasteiger partial charge in [-0.2, -0.15) is 0 Å². The molecular formula is C12H8ClFN2O. The first-order valence-corrected chi connectivity index (χ1v) is 5.27. The molecule has 5 heteroatoms. The molecule has 17 heavy (non-hydrogen) atoms. The van der Waals surface area contributed by atoms with Gasteiger partial charge in [-0.25, -0.2) is 14.4 Å². The predicted octanol–water partition coefficient (Wildman–Crippen LogP) is 2.69. The van der Waals surface area contributed by atoms with Gasteiger partial charge in [-0.3, -0.25) is 4.79 Å². The summed E-state index contributed by atoms with van der Waals surface area (Å²) >= 11 is 5.63. The molecule has 0 amide bonds. The number of rotatable bonds is 3. The van der Waals surface area contributed by atoms with E-state index in [0.717, 1.165) is 0 Å². The van der Waals surface area contributed by atoms with E-state index in [1.54, 1.807) is 6.07 Å². The van der Waals surface area contributed by atoms with E-state index in [9.17, 15) is 9.18 Å². The Balaban J connectivity index is 2.22. The van der Waals surface area contributed by atoms with Gasteiger partial charge in [0.15, 0.2) is 5.78 Å². The molecule has 0 saturated carbocycles. The molecule has 0 fully saturated rings. The van der Waals surface area contributed by atoms with Crippen LogP contribution in [0, 0.1) is 5.82 Å². The molecule has 0 aliphatic carbocycles. The van der Waals surface area contributed by atoms with Crippen LogP contribution in [0.5, 0.6) is 0 Å². The molecule has 0 atom stereocenters. The minimum atomic E-state index is -0.556. The van der Waals surface area contributed by atoms with Crippen LogP contribution in [0.4, 0.5) is 4.39 Å². The Hall–Kier alpha value is -1.81. The second kappa shape index (κ2) is 5.01. The third kappa shape index (κ3) is 2.65. The minimum absolute atomic E-state index is 0.0135. The van der Waals surface area contributed by atoms with E-state index in [2.05, 4.69) is 9.97 Å². The molecule has 2 aromatic rings. The lowest BCUT2D eigenvalue weighted by Crippen LogP contribution is -2.06. The summed E-state index contributed by atoms with van der Waals surface area (Å²) in [7, 11) is 0. The van der Waals surface area contributed by atoms with Gasteiger partial charge in [0, 0.05) is 18.8 Å². The maximum absolute atomic E-state index is 13.6. The summed E-state index contributed by atoms with van der Waals surface area (Å²) in [5, 5.41) is 0.0135. The highest BCUT2D eigenvalue weighted by molar-refractivity contribution is 6.30. The lowest BCUT2D eigenvalue weighted by Gasteiger charge is -2.03. The number of benzene rings is 1. The number of carbonyl (C=O) groups excluding carboxylic acids is 1. The van der Waals surface area contributed by atoms with Crippen molar-refractivity contribution in [1.29, 1.82) is 0 Å². The molecule has 1 heterocycles. The van der Waals surface area contributed by atoms with Crippen molar-refractivity contribution >= 4 is 17.4 Å². The Morgan fingerprint density at radius 1 is 1.29 bits per heavy atom. The molecule has 2 rings (SSSR count). The molecular weight excluding hydrogens is 243 g/mol. The quantitative estimate of drug-likeness (QED) is 0.787. The van der Waals surface area contributed by atoms with E-state index in [-0.39, 0.29) is 22.8 Å². The van der Waals surface area contributed by atoms with Crippen LogP contribution in [-0.4, -0.2) is 15.8 Å². The normalized spacial score (nSPS) is 10.2. The van der Waals surface area contributed by atoms with Crippen molar-refractivity contribution in [3.63, 3.8) is 0 Å². The average molecular weight is 251 g/mol. The van der Waals surface area contributed by atoms with Gasteiger partial charge in [0.25, 0.3) is 0 Å². The zero-order chi connectivity index (χ0) is 12.3. The SMILES string of the molecule is O=C(Cc1cccc(Cl)c1F)c1cncnc1. The standard InChI is InChI=1S/C12H8ClFN2O/c13-10-3-1-2-8(12(10)14)4-11(17)9-5-15-7-16-6-9/h1-3,5-7H,4H2. The number of Topliss-reactive ketones (excluding diaryl/α,β-unsaturated/α-hetero) is 1. The van der Waals surface area contributed by atoms with Gasteiger partial charge in [-0.15, -0.1) is 0 Å². The fourth-order valence-corrected chi connectivity index (χ4v) is 1.60. The van der Waals surface area contributed by atoms with Crippen LogP contribution in [0.25, 0.3) is 0 Å². The second-order valence-corrected chi connectivity index (χ2v) is 3.85. The summed E-state index contributed by atoms with van der Waals surface area (Å²) in [6, 6.07) is 4.58. The topological polar surface area (TPSA) is 42.9 Å². The smallest absolute Gasteiger partial charge is 0.170 e. The summed E-state index contributed by atoms with van der Waals surface area (Å²) in [5.41, 5.74) is 0.623. The lowest BCUT2D eigenvalue weighted by atomic mass is 10.1. The molecule has 0 bridgehead atoms. The van der Waals surface area contributed by atoms with Gasteiger partial charge in [0.1, 0.15) is 12.1 Å². The molecule has 3 nitrogen and oxygen atoms in total. The average Bonchev–Trinajstić information content (AvgIpc) is 2.36. The van der Waals surface area contributed by atoms with Gasteiger partial charge < -0.3 is 0 Å². The third-order valence-electron chi connectivity index (χ3n) is 2.27. The van der Waals surface area contributed by atoms with Gasteiger partial charge in [-0.05, 0) is 11.6 Å². The largest absolute Gasteiger partial charge is 0.294 e. The molecule has 0 N–H and O–H groups in total. The monoisotopic (exact) mass is 250 g/mol. The number of aromatic nitrogens is 2. The summed E-state index contributed by atoms with van der Waals surface area (Å²) < 4.78 is 13.6. The minimum Gasteiger partial charge on any atom is -0.294 e. The number of nitrogens with zero attached hydrogens (tertiary/aromatic N) is 2. The summed E-state index contributed by atoms with van der Waals surface area (Å²) in [4.78, 5) is 19.3. The van der Waals surface area contributed by atoms with Gasteiger partial charge in [-0.1, -0.05) is 23.7 Å². The fraction of sp³-hybridized carbons (Fsp3) is 0.0833. The number of ketones is 1. The first-order valence-electron chi connectivity index (χ1n) is 4.89. The molecule has 1 aromatic heterocycles. The molecule has 1 aromatic carbocycles. The van der Waals surface area contributed by atoms with Gasteiger partial charge >= 0.3 is 0 Å². The Morgan fingerprint density at radius 3 is 2.71 bits per heavy atom. The van der Waals surface area contributed by atoms with E-state index >= 15 is 0 Å². The highest BCUT2D eigenvalue weighted by Crippen LogP contribution is 2.19. The highest BCUT2D eigenvalue weighted by atomic mass is 35.5. The van der Waals surface area contributed by atoms with E-state index < -0.39 is 5.82 Å². The van der Waals surface area contributed by atoms with Crippen LogP contribution >= 0.6 is 11.6 Å². The second-order valence-electron chi connectivity index (χ2n) is 3.44. The Labute approximate surface area is 102 Å². The summed E-state index contributed by atoms with van der Waals surface area (Å²) in [6.07, 6.45) is 4.08. The van der Waals surface area contributed by atoms with E-state index in [0.29, 0.717) is 5.56 Å². The third-order valence-corrected chi connectivity index (χ3v) is 2.56. The van der Waals surface area contributed by atoms with Crippen molar-refractivity contribution in [2.45, 2.75) is 6.42 Å². The molecule has 0 radical (unpaired) electrons. The Kier molecular flexibility index (Phi) is 3.44. The van der Waals surface area contributed by atoms with Gasteiger partial charge in [0.2, 0.25) is 0 Å². The van der Waals surface area contributed by atoms with Crippen molar-refractivity contribution in [1.82, 2.24) is 9.97 Å². The Bertz CT molecular complexity index is 545. The fourth-order valence-electron chi connectivity index (χ4n) is 1.40.